The first kappa shape index (κ1) is 35.9. The summed E-state index contributed by atoms with van der Waals surface area (Å²) in [6, 6.07) is 17.9. The molecule has 53 heavy (non-hydrogen) atoms. The fourth-order valence-electron chi connectivity index (χ4n) is 7.58. The maximum atomic E-state index is 13.1. The molecule has 2 amide bonds. The molecule has 14 nitrogen and oxygen atoms in total. The number of imidazole rings is 1. The Kier molecular flexibility index (Phi) is 10.9. The predicted octanol–water partition coefficient (Wildman–Crippen LogP) is 3.12. The number of anilines is 1. The van der Waals surface area contributed by atoms with Crippen molar-refractivity contribution in [1.82, 2.24) is 24.3 Å². The molecule has 3 aliphatic rings. The summed E-state index contributed by atoms with van der Waals surface area (Å²) in [6.45, 7) is 3.72. The standard InChI is InChI=1S/C39H44N6O8/c1-42-37-26(7-4-10-30(37)45(39(42)50)31-14-15-35(48)41-38(31)49)8-6-18-51-19-20-52-21-22-53-36-13-5-12-34(40-36)44-25-27-23-28(44)24-43(27)17-16-33(47)29-9-2-3-11-32(29)46/h2-5,7,9-13,16-17,27-28,31,46H,6,8,14-15,18-25H2,1H3,(H,41,48,49)/b17-16+/t27-,28-,31?/m1/s1. The SMILES string of the molecule is Cn1c(=O)n(C2CCC(=O)NC2=O)c2cccc(CCCOCCOCCOc3cccc(N4C[C@H]5C[C@@H]4CN5/C=C/C(=O)c4ccccc4O)n3)c21. The van der Waals surface area contributed by atoms with Crippen LogP contribution in [-0.2, 0) is 32.5 Å². The number of ether oxygens (including phenoxy) is 3. The van der Waals surface area contributed by atoms with Crippen molar-refractivity contribution in [1.29, 1.82) is 0 Å². The van der Waals surface area contributed by atoms with E-state index in [9.17, 15) is 24.3 Å². The minimum absolute atomic E-state index is 0.0149. The third-order valence-corrected chi connectivity index (χ3v) is 10.2. The molecule has 4 aromatic rings. The minimum Gasteiger partial charge on any atom is -0.507 e. The van der Waals surface area contributed by atoms with E-state index in [4.69, 9.17) is 19.2 Å². The number of piperidine rings is 1. The Morgan fingerprint density at radius 1 is 0.943 bits per heavy atom. The smallest absolute Gasteiger partial charge is 0.329 e. The molecular formula is C39H44N6O8. The molecule has 3 atom stereocenters. The number of hydrogen-bond acceptors (Lipinski definition) is 11. The van der Waals surface area contributed by atoms with Gasteiger partial charge in [0.05, 0.1) is 36.4 Å². The van der Waals surface area contributed by atoms with Crippen molar-refractivity contribution < 1.29 is 33.7 Å². The predicted molar refractivity (Wildman–Crippen MR) is 196 cm³/mol. The zero-order valence-electron chi connectivity index (χ0n) is 29.7. The topological polar surface area (TPSA) is 157 Å². The van der Waals surface area contributed by atoms with Gasteiger partial charge in [0.15, 0.2) is 5.78 Å². The summed E-state index contributed by atoms with van der Waals surface area (Å²) in [4.78, 5) is 59.0. The Hall–Kier alpha value is -5.47. The van der Waals surface area contributed by atoms with Gasteiger partial charge < -0.3 is 29.1 Å². The summed E-state index contributed by atoms with van der Waals surface area (Å²) >= 11 is 0. The molecule has 14 heteroatoms. The van der Waals surface area contributed by atoms with Crippen molar-refractivity contribution in [3.8, 4) is 11.6 Å². The second kappa shape index (κ2) is 16.0. The molecule has 7 rings (SSSR count). The summed E-state index contributed by atoms with van der Waals surface area (Å²) in [6.07, 6.45) is 6.30. The van der Waals surface area contributed by atoms with Gasteiger partial charge >= 0.3 is 5.69 Å². The lowest BCUT2D eigenvalue weighted by Gasteiger charge is -2.34. The molecule has 2 aromatic carbocycles. The van der Waals surface area contributed by atoms with Crippen LogP contribution in [0.25, 0.3) is 11.0 Å². The Morgan fingerprint density at radius 3 is 2.53 bits per heavy atom. The number of amides is 2. The lowest BCUT2D eigenvalue weighted by Crippen LogP contribution is -2.44. The number of para-hydroxylation sites is 2. The van der Waals surface area contributed by atoms with E-state index < -0.39 is 11.9 Å². The van der Waals surface area contributed by atoms with E-state index in [-0.39, 0.29) is 41.6 Å². The van der Waals surface area contributed by atoms with Crippen LogP contribution in [0.2, 0.25) is 0 Å². The number of hydrogen-bond donors (Lipinski definition) is 2. The van der Waals surface area contributed by atoms with Crippen molar-refractivity contribution in [2.45, 2.75) is 50.2 Å². The highest BCUT2D eigenvalue weighted by Gasteiger charge is 2.42. The van der Waals surface area contributed by atoms with Crippen LogP contribution in [0.15, 0.2) is 77.7 Å². The number of likely N-dealkylation sites (tertiary alicyclic amines) is 1. The van der Waals surface area contributed by atoms with E-state index >= 15 is 0 Å². The molecule has 0 spiro atoms. The number of benzene rings is 2. The largest absolute Gasteiger partial charge is 0.507 e. The molecule has 3 aliphatic heterocycles. The van der Waals surface area contributed by atoms with E-state index in [1.807, 2.05) is 42.6 Å². The molecule has 1 unspecified atom stereocenters. The molecule has 2 bridgehead atoms. The van der Waals surface area contributed by atoms with Gasteiger partial charge in [-0.2, -0.15) is 4.98 Å². The number of aromatic nitrogens is 3. The highest BCUT2D eigenvalue weighted by Crippen LogP contribution is 2.34. The first-order chi connectivity index (χ1) is 25.8. The normalized spacial score (nSPS) is 19.8. The summed E-state index contributed by atoms with van der Waals surface area (Å²) in [5, 5.41) is 12.3. The number of phenols is 1. The number of nitrogens with zero attached hydrogens (tertiary/aromatic N) is 5. The van der Waals surface area contributed by atoms with Crippen LogP contribution in [0, 0.1) is 0 Å². The van der Waals surface area contributed by atoms with Crippen molar-refractivity contribution >= 4 is 34.4 Å². The number of aryl methyl sites for hydroxylation is 2. The van der Waals surface area contributed by atoms with Crippen LogP contribution in [-0.4, -0.2) is 99.9 Å². The zero-order chi connectivity index (χ0) is 36.9. The summed E-state index contributed by atoms with van der Waals surface area (Å²) in [5.41, 5.74) is 2.49. The number of ketones is 1. The van der Waals surface area contributed by atoms with Gasteiger partial charge in [-0.25, -0.2) is 4.79 Å². The first-order valence-corrected chi connectivity index (χ1v) is 18.1. The van der Waals surface area contributed by atoms with E-state index in [2.05, 4.69) is 15.1 Å². The number of phenolic OH excluding ortho intramolecular Hbond substituents is 1. The van der Waals surface area contributed by atoms with Crippen LogP contribution >= 0.6 is 0 Å². The second-order valence-electron chi connectivity index (χ2n) is 13.6. The van der Waals surface area contributed by atoms with Crippen LogP contribution in [0.4, 0.5) is 5.82 Å². The maximum absolute atomic E-state index is 13.1. The molecule has 0 aliphatic carbocycles. The second-order valence-corrected chi connectivity index (χ2v) is 13.6. The highest BCUT2D eigenvalue weighted by atomic mass is 16.5. The monoisotopic (exact) mass is 724 g/mol. The van der Waals surface area contributed by atoms with E-state index in [0.29, 0.717) is 62.8 Å². The average molecular weight is 725 g/mol. The number of carbonyl (C=O) groups is 3. The summed E-state index contributed by atoms with van der Waals surface area (Å²) < 4.78 is 20.5. The maximum Gasteiger partial charge on any atom is 0.329 e. The molecule has 278 valence electrons. The molecule has 3 saturated heterocycles. The van der Waals surface area contributed by atoms with E-state index in [1.54, 1.807) is 29.8 Å². The zero-order valence-corrected chi connectivity index (χ0v) is 29.7. The summed E-state index contributed by atoms with van der Waals surface area (Å²) in [5.74, 6) is 0.411. The first-order valence-electron chi connectivity index (χ1n) is 18.1. The number of carbonyl (C=O) groups excluding carboxylic acids is 3. The average Bonchev–Trinajstić information content (AvgIpc) is 3.84. The van der Waals surface area contributed by atoms with Gasteiger partial charge in [0, 0.05) is 63.6 Å². The molecule has 2 N–H and O–H groups in total. The minimum atomic E-state index is -0.708. The number of fused-ring (bicyclic) bond motifs is 3. The Balaban J connectivity index is 0.795. The van der Waals surface area contributed by atoms with Gasteiger partial charge in [0.2, 0.25) is 17.7 Å². The third kappa shape index (κ3) is 7.83. The fourth-order valence-corrected chi connectivity index (χ4v) is 7.58. The van der Waals surface area contributed by atoms with Crippen molar-refractivity contribution in [2.75, 3.05) is 51.0 Å². The molecule has 5 heterocycles. The summed E-state index contributed by atoms with van der Waals surface area (Å²) in [7, 11) is 1.71. The lowest BCUT2D eigenvalue weighted by atomic mass is 10.0. The number of imide groups is 1. The van der Waals surface area contributed by atoms with Crippen LogP contribution in [0.5, 0.6) is 11.6 Å². The molecule has 2 aromatic heterocycles. The Bertz CT molecular complexity index is 2070. The van der Waals surface area contributed by atoms with Gasteiger partial charge in [-0.3, -0.25) is 28.8 Å². The lowest BCUT2D eigenvalue weighted by molar-refractivity contribution is -0.135. The van der Waals surface area contributed by atoms with Gasteiger partial charge in [-0.15, -0.1) is 0 Å². The highest BCUT2D eigenvalue weighted by molar-refractivity contribution is 6.06. The fraction of sp³-hybridized carbons (Fsp3) is 0.410. The van der Waals surface area contributed by atoms with Crippen LogP contribution in [0.1, 0.15) is 47.6 Å². The van der Waals surface area contributed by atoms with E-state index in [0.717, 1.165) is 42.8 Å². The van der Waals surface area contributed by atoms with Gasteiger partial charge in [0.25, 0.3) is 0 Å². The van der Waals surface area contributed by atoms with Crippen molar-refractivity contribution in [3.05, 3.63) is 94.6 Å². The number of aromatic hydroxyl groups is 1. The number of rotatable bonds is 16. The molecule has 0 saturated carbocycles. The quantitative estimate of drug-likeness (QED) is 0.0758. The van der Waals surface area contributed by atoms with Gasteiger partial charge in [-0.1, -0.05) is 30.3 Å². The number of piperazine rings is 1. The molecule has 0 radical (unpaired) electrons. The van der Waals surface area contributed by atoms with Crippen LogP contribution in [0.3, 0.4) is 0 Å². The third-order valence-electron chi connectivity index (χ3n) is 10.2. The molecular weight excluding hydrogens is 680 g/mol. The Labute approximate surface area is 306 Å². The van der Waals surface area contributed by atoms with Crippen molar-refractivity contribution in [3.63, 3.8) is 0 Å². The number of pyridine rings is 1. The van der Waals surface area contributed by atoms with E-state index in [1.165, 1.54) is 16.7 Å². The van der Waals surface area contributed by atoms with Gasteiger partial charge in [-0.05, 0) is 55.5 Å². The molecule has 3 fully saturated rings. The number of nitrogens with one attached hydrogen (secondary N) is 1. The number of allylic oxidation sites excluding steroid dienone is 1. The van der Waals surface area contributed by atoms with Crippen LogP contribution < -0.4 is 20.6 Å². The Morgan fingerprint density at radius 2 is 1.74 bits per heavy atom. The van der Waals surface area contributed by atoms with Gasteiger partial charge in [0.1, 0.15) is 24.2 Å². The van der Waals surface area contributed by atoms with Crippen molar-refractivity contribution in [2.24, 2.45) is 7.05 Å².